The van der Waals surface area contributed by atoms with Gasteiger partial charge in [-0.25, -0.2) is 4.72 Å². The van der Waals surface area contributed by atoms with E-state index in [0.717, 1.165) is 12.8 Å². The molecule has 1 unspecified atom stereocenters. The molecule has 1 atom stereocenters. The van der Waals surface area contributed by atoms with Crippen LogP contribution in [0.15, 0.2) is 0 Å². The SMILES string of the molecule is CC(Cl)CNS(=O)(=O)N1CCCC1. The molecule has 0 saturated carbocycles. The fourth-order valence-electron chi connectivity index (χ4n) is 1.24. The van der Waals surface area contributed by atoms with Gasteiger partial charge in [-0.15, -0.1) is 11.6 Å². The quantitative estimate of drug-likeness (QED) is 0.712. The van der Waals surface area contributed by atoms with Gasteiger partial charge in [0.1, 0.15) is 0 Å². The van der Waals surface area contributed by atoms with Gasteiger partial charge in [-0.3, -0.25) is 0 Å². The molecule has 0 aromatic rings. The lowest BCUT2D eigenvalue weighted by atomic mass is 10.4. The van der Waals surface area contributed by atoms with E-state index in [1.807, 2.05) is 0 Å². The summed E-state index contributed by atoms with van der Waals surface area (Å²) in [6, 6.07) is 0. The van der Waals surface area contributed by atoms with Crippen LogP contribution >= 0.6 is 11.6 Å². The fraction of sp³-hybridized carbons (Fsp3) is 1.00. The minimum atomic E-state index is -3.26. The van der Waals surface area contributed by atoms with Crippen molar-refractivity contribution in [3.8, 4) is 0 Å². The Hall–Kier alpha value is 0.160. The van der Waals surface area contributed by atoms with Crippen LogP contribution in [0.2, 0.25) is 0 Å². The Morgan fingerprint density at radius 2 is 2.00 bits per heavy atom. The molecule has 0 radical (unpaired) electrons. The van der Waals surface area contributed by atoms with Crippen LogP contribution in [0.4, 0.5) is 0 Å². The predicted molar refractivity (Wildman–Crippen MR) is 53.0 cm³/mol. The number of nitrogens with zero attached hydrogens (tertiary/aromatic N) is 1. The van der Waals surface area contributed by atoms with Crippen molar-refractivity contribution in [1.82, 2.24) is 9.03 Å². The van der Waals surface area contributed by atoms with E-state index in [4.69, 9.17) is 11.6 Å². The van der Waals surface area contributed by atoms with Gasteiger partial charge in [0.25, 0.3) is 10.2 Å². The number of hydrogen-bond donors (Lipinski definition) is 1. The number of halogens is 1. The minimum absolute atomic E-state index is 0.169. The van der Waals surface area contributed by atoms with Gasteiger partial charge in [0.05, 0.1) is 0 Å². The van der Waals surface area contributed by atoms with E-state index in [0.29, 0.717) is 19.6 Å². The zero-order valence-electron chi connectivity index (χ0n) is 7.66. The molecule has 1 N–H and O–H groups in total. The third-order valence-electron chi connectivity index (χ3n) is 1.95. The van der Waals surface area contributed by atoms with Gasteiger partial charge < -0.3 is 0 Å². The molecule has 78 valence electrons. The Kier molecular flexibility index (Phi) is 3.97. The zero-order valence-corrected chi connectivity index (χ0v) is 9.24. The number of alkyl halides is 1. The van der Waals surface area contributed by atoms with Crippen LogP contribution in [0, 0.1) is 0 Å². The lowest BCUT2D eigenvalue weighted by Crippen LogP contribution is -2.40. The smallest absolute Gasteiger partial charge is 0.201 e. The first kappa shape index (κ1) is 11.2. The van der Waals surface area contributed by atoms with Gasteiger partial charge >= 0.3 is 0 Å². The van der Waals surface area contributed by atoms with E-state index in [1.54, 1.807) is 6.92 Å². The summed E-state index contributed by atoms with van der Waals surface area (Å²) in [6.07, 6.45) is 1.91. The lowest BCUT2D eigenvalue weighted by molar-refractivity contribution is 0.465. The van der Waals surface area contributed by atoms with Crippen molar-refractivity contribution in [2.24, 2.45) is 0 Å². The summed E-state index contributed by atoms with van der Waals surface area (Å²) in [6.45, 7) is 3.31. The summed E-state index contributed by atoms with van der Waals surface area (Å²) in [5, 5.41) is -0.169. The molecule has 1 rings (SSSR count). The molecule has 1 heterocycles. The van der Waals surface area contributed by atoms with Crippen molar-refractivity contribution in [2.75, 3.05) is 19.6 Å². The highest BCUT2D eigenvalue weighted by molar-refractivity contribution is 7.87. The second-order valence-corrected chi connectivity index (χ2v) is 5.74. The third kappa shape index (κ3) is 3.42. The van der Waals surface area contributed by atoms with Crippen molar-refractivity contribution in [1.29, 1.82) is 0 Å². The van der Waals surface area contributed by atoms with Crippen LogP contribution in [0.25, 0.3) is 0 Å². The predicted octanol–water partition coefficient (Wildman–Crippen LogP) is 0.544. The third-order valence-corrected chi connectivity index (χ3v) is 3.68. The molecular formula is C7H15ClN2O2S. The van der Waals surface area contributed by atoms with Crippen molar-refractivity contribution in [2.45, 2.75) is 25.1 Å². The molecule has 4 nitrogen and oxygen atoms in total. The maximum Gasteiger partial charge on any atom is 0.279 e. The molecule has 1 fully saturated rings. The molecule has 0 spiro atoms. The first-order valence-corrected chi connectivity index (χ1v) is 6.29. The summed E-state index contributed by atoms with van der Waals surface area (Å²) < 4.78 is 26.9. The van der Waals surface area contributed by atoms with Crippen LogP contribution in [-0.2, 0) is 10.2 Å². The molecule has 1 aliphatic rings. The van der Waals surface area contributed by atoms with Gasteiger partial charge in [0, 0.05) is 25.0 Å². The molecule has 1 aliphatic heterocycles. The molecule has 1 saturated heterocycles. The first-order chi connectivity index (χ1) is 6.02. The average molecular weight is 227 g/mol. The molecule has 13 heavy (non-hydrogen) atoms. The standard InChI is InChI=1S/C7H15ClN2O2S/c1-7(8)6-9-13(11,12)10-4-2-3-5-10/h7,9H,2-6H2,1H3. The molecule has 6 heteroatoms. The Labute approximate surface area is 84.4 Å². The number of hydrogen-bond acceptors (Lipinski definition) is 2. The summed E-state index contributed by atoms with van der Waals surface area (Å²) in [5.74, 6) is 0. The summed E-state index contributed by atoms with van der Waals surface area (Å²) in [4.78, 5) is 0. The summed E-state index contributed by atoms with van der Waals surface area (Å²) in [5.41, 5.74) is 0. The van der Waals surface area contributed by atoms with Crippen molar-refractivity contribution < 1.29 is 8.42 Å². The highest BCUT2D eigenvalue weighted by Gasteiger charge is 2.24. The van der Waals surface area contributed by atoms with E-state index >= 15 is 0 Å². The van der Waals surface area contributed by atoms with Crippen LogP contribution < -0.4 is 4.72 Å². The molecule has 0 amide bonds. The number of nitrogens with one attached hydrogen (secondary N) is 1. The Bertz CT molecular complexity index is 247. The van der Waals surface area contributed by atoms with E-state index < -0.39 is 10.2 Å². The molecule has 0 bridgehead atoms. The molecule has 0 aromatic carbocycles. The van der Waals surface area contributed by atoms with Gasteiger partial charge in [-0.2, -0.15) is 12.7 Å². The highest BCUT2D eigenvalue weighted by Crippen LogP contribution is 2.11. The first-order valence-electron chi connectivity index (χ1n) is 4.41. The molecule has 0 aliphatic carbocycles. The van der Waals surface area contributed by atoms with Gasteiger partial charge in [0.15, 0.2) is 0 Å². The average Bonchev–Trinajstić information content (AvgIpc) is 2.53. The Morgan fingerprint density at radius 3 is 2.46 bits per heavy atom. The maximum absolute atomic E-state index is 11.5. The largest absolute Gasteiger partial charge is 0.279 e. The van der Waals surface area contributed by atoms with Crippen LogP contribution in [0.1, 0.15) is 19.8 Å². The Balaban J connectivity index is 2.45. The fourth-order valence-corrected chi connectivity index (χ4v) is 2.79. The van der Waals surface area contributed by atoms with Crippen LogP contribution in [0.3, 0.4) is 0 Å². The second-order valence-electron chi connectivity index (χ2n) is 3.24. The molecule has 0 aromatic heterocycles. The summed E-state index contributed by atoms with van der Waals surface area (Å²) in [7, 11) is -3.26. The van der Waals surface area contributed by atoms with Gasteiger partial charge in [0.2, 0.25) is 0 Å². The van der Waals surface area contributed by atoms with Gasteiger partial charge in [-0.1, -0.05) is 0 Å². The monoisotopic (exact) mass is 226 g/mol. The van der Waals surface area contributed by atoms with Crippen molar-refractivity contribution in [3.05, 3.63) is 0 Å². The Morgan fingerprint density at radius 1 is 1.46 bits per heavy atom. The normalized spacial score (nSPS) is 22.0. The van der Waals surface area contributed by atoms with E-state index in [9.17, 15) is 8.42 Å². The minimum Gasteiger partial charge on any atom is -0.201 e. The van der Waals surface area contributed by atoms with Gasteiger partial charge in [-0.05, 0) is 19.8 Å². The lowest BCUT2D eigenvalue weighted by Gasteiger charge is -2.16. The van der Waals surface area contributed by atoms with Crippen LogP contribution in [0.5, 0.6) is 0 Å². The van der Waals surface area contributed by atoms with Crippen molar-refractivity contribution >= 4 is 21.8 Å². The maximum atomic E-state index is 11.5. The zero-order chi connectivity index (χ0) is 9.90. The van der Waals surface area contributed by atoms with Crippen LogP contribution in [-0.4, -0.2) is 37.7 Å². The number of rotatable bonds is 4. The van der Waals surface area contributed by atoms with E-state index in [2.05, 4.69) is 4.72 Å². The highest BCUT2D eigenvalue weighted by atomic mass is 35.5. The van der Waals surface area contributed by atoms with E-state index in [1.165, 1.54) is 4.31 Å². The topological polar surface area (TPSA) is 49.4 Å². The summed E-state index contributed by atoms with van der Waals surface area (Å²) >= 11 is 5.65. The van der Waals surface area contributed by atoms with Crippen molar-refractivity contribution in [3.63, 3.8) is 0 Å². The van der Waals surface area contributed by atoms with E-state index in [-0.39, 0.29) is 5.38 Å². The molecular weight excluding hydrogens is 212 g/mol. The second kappa shape index (κ2) is 4.59.